The van der Waals surface area contributed by atoms with Crippen molar-refractivity contribution in [1.82, 2.24) is 9.80 Å². The molecule has 2 aliphatic rings. The summed E-state index contributed by atoms with van der Waals surface area (Å²) in [6.45, 7) is 4.92. The van der Waals surface area contributed by atoms with Crippen molar-refractivity contribution in [3.63, 3.8) is 0 Å². The summed E-state index contributed by atoms with van der Waals surface area (Å²) in [7, 11) is 0. The number of nitrogens with zero attached hydrogens (tertiary/aromatic N) is 2. The highest BCUT2D eigenvalue weighted by Gasteiger charge is 2.44. The lowest BCUT2D eigenvalue weighted by atomic mass is 9.95. The molecule has 4 nitrogen and oxygen atoms in total. The molecule has 2 unspecified atom stereocenters. The van der Waals surface area contributed by atoms with E-state index in [0.29, 0.717) is 13.0 Å². The Hall–Kier alpha value is -1.50. The minimum absolute atomic E-state index is 0.101. The van der Waals surface area contributed by atoms with E-state index in [2.05, 4.69) is 11.8 Å². The second kappa shape index (κ2) is 5.43. The summed E-state index contributed by atoms with van der Waals surface area (Å²) in [6, 6.07) is -0.539. The first kappa shape index (κ1) is 12.9. The summed E-state index contributed by atoms with van der Waals surface area (Å²) < 4.78 is 0. The third-order valence-corrected chi connectivity index (χ3v) is 3.83. The number of rotatable bonds is 2. The van der Waals surface area contributed by atoms with Crippen molar-refractivity contribution in [2.75, 3.05) is 13.1 Å². The van der Waals surface area contributed by atoms with E-state index in [0.717, 1.165) is 25.8 Å². The molecule has 0 bridgehead atoms. The first-order valence-corrected chi connectivity index (χ1v) is 6.67. The maximum absolute atomic E-state index is 12.4. The van der Waals surface area contributed by atoms with Gasteiger partial charge in [0, 0.05) is 19.5 Å². The van der Waals surface area contributed by atoms with Gasteiger partial charge in [0.15, 0.2) is 0 Å². The first-order chi connectivity index (χ1) is 8.66. The molecule has 0 aromatic heterocycles. The first-order valence-electron chi connectivity index (χ1n) is 6.67. The number of piperidine rings is 1. The standard InChI is InChI=1S/C14H20N2O2/c1-3-4-6-9-15-11(2)13(17)16-10-7-5-8-12(16)14(15)18/h11-12H,5-10H2,1-2H3. The number of carbonyl (C=O) groups is 2. The fourth-order valence-electron chi connectivity index (χ4n) is 2.81. The van der Waals surface area contributed by atoms with Gasteiger partial charge in [-0.05, 0) is 33.1 Å². The second-order valence-corrected chi connectivity index (χ2v) is 4.93. The lowest BCUT2D eigenvalue weighted by molar-refractivity contribution is -0.162. The SMILES string of the molecule is CC#CCCN1C(=O)C2CCCCN2C(=O)C1C. The quantitative estimate of drug-likeness (QED) is 0.684. The summed E-state index contributed by atoms with van der Waals surface area (Å²) in [4.78, 5) is 28.1. The average molecular weight is 248 g/mol. The molecule has 2 atom stereocenters. The lowest BCUT2D eigenvalue weighted by Crippen LogP contribution is -2.65. The number of hydrogen-bond donors (Lipinski definition) is 0. The smallest absolute Gasteiger partial charge is 0.246 e. The lowest BCUT2D eigenvalue weighted by Gasteiger charge is -2.45. The van der Waals surface area contributed by atoms with E-state index < -0.39 is 0 Å². The summed E-state index contributed by atoms with van der Waals surface area (Å²) in [5, 5.41) is 0. The van der Waals surface area contributed by atoms with Crippen molar-refractivity contribution in [2.45, 2.75) is 51.6 Å². The third kappa shape index (κ3) is 2.22. The van der Waals surface area contributed by atoms with E-state index in [-0.39, 0.29) is 23.9 Å². The highest BCUT2D eigenvalue weighted by atomic mass is 16.2. The predicted molar refractivity (Wildman–Crippen MR) is 68.6 cm³/mol. The summed E-state index contributed by atoms with van der Waals surface area (Å²) in [5.74, 6) is 5.99. The van der Waals surface area contributed by atoms with Gasteiger partial charge >= 0.3 is 0 Å². The number of fused-ring (bicyclic) bond motifs is 1. The van der Waals surface area contributed by atoms with Gasteiger partial charge in [-0.25, -0.2) is 0 Å². The second-order valence-electron chi connectivity index (χ2n) is 4.93. The Morgan fingerprint density at radius 3 is 2.78 bits per heavy atom. The highest BCUT2D eigenvalue weighted by Crippen LogP contribution is 2.26. The van der Waals surface area contributed by atoms with Crippen LogP contribution in [0.3, 0.4) is 0 Å². The van der Waals surface area contributed by atoms with Crippen LogP contribution in [0.1, 0.15) is 39.5 Å². The van der Waals surface area contributed by atoms with Crippen molar-refractivity contribution in [1.29, 1.82) is 0 Å². The molecule has 0 N–H and O–H groups in total. The molecule has 0 radical (unpaired) electrons. The van der Waals surface area contributed by atoms with Gasteiger partial charge in [-0.15, -0.1) is 11.8 Å². The third-order valence-electron chi connectivity index (χ3n) is 3.83. The van der Waals surface area contributed by atoms with Crippen LogP contribution < -0.4 is 0 Å². The zero-order chi connectivity index (χ0) is 13.1. The minimum Gasteiger partial charge on any atom is -0.329 e. The van der Waals surface area contributed by atoms with Crippen molar-refractivity contribution >= 4 is 11.8 Å². The van der Waals surface area contributed by atoms with Gasteiger partial charge in [-0.3, -0.25) is 9.59 Å². The molecule has 0 aliphatic carbocycles. The van der Waals surface area contributed by atoms with Gasteiger partial charge < -0.3 is 9.80 Å². The fourth-order valence-corrected chi connectivity index (χ4v) is 2.81. The molecule has 2 saturated heterocycles. The molecule has 0 saturated carbocycles. The minimum atomic E-state index is -0.328. The van der Waals surface area contributed by atoms with Crippen LogP contribution in [0.15, 0.2) is 0 Å². The van der Waals surface area contributed by atoms with Crippen LogP contribution in [0.25, 0.3) is 0 Å². The van der Waals surface area contributed by atoms with Crippen LogP contribution >= 0.6 is 0 Å². The van der Waals surface area contributed by atoms with E-state index in [9.17, 15) is 9.59 Å². The van der Waals surface area contributed by atoms with Gasteiger partial charge in [0.25, 0.3) is 0 Å². The van der Waals surface area contributed by atoms with Crippen LogP contribution in [-0.2, 0) is 9.59 Å². The van der Waals surface area contributed by atoms with Crippen LogP contribution in [0.2, 0.25) is 0 Å². The van der Waals surface area contributed by atoms with Gasteiger partial charge in [0.2, 0.25) is 11.8 Å². The van der Waals surface area contributed by atoms with E-state index in [1.54, 1.807) is 16.7 Å². The molecule has 18 heavy (non-hydrogen) atoms. The van der Waals surface area contributed by atoms with Crippen LogP contribution in [0, 0.1) is 11.8 Å². The maximum Gasteiger partial charge on any atom is 0.246 e. The molecule has 0 spiro atoms. The highest BCUT2D eigenvalue weighted by molar-refractivity contribution is 5.96. The topological polar surface area (TPSA) is 40.6 Å². The van der Waals surface area contributed by atoms with Gasteiger partial charge in [-0.1, -0.05) is 0 Å². The number of hydrogen-bond acceptors (Lipinski definition) is 2. The van der Waals surface area contributed by atoms with E-state index in [1.807, 2.05) is 6.92 Å². The van der Waals surface area contributed by atoms with Crippen molar-refractivity contribution in [3.8, 4) is 11.8 Å². The number of piperazine rings is 1. The van der Waals surface area contributed by atoms with Crippen LogP contribution in [0.5, 0.6) is 0 Å². The van der Waals surface area contributed by atoms with Gasteiger partial charge in [0.05, 0.1) is 0 Å². The monoisotopic (exact) mass is 248 g/mol. The van der Waals surface area contributed by atoms with Crippen molar-refractivity contribution < 1.29 is 9.59 Å². The van der Waals surface area contributed by atoms with Gasteiger partial charge in [0.1, 0.15) is 12.1 Å². The Morgan fingerprint density at radius 2 is 2.06 bits per heavy atom. The molecule has 4 heteroatoms. The fraction of sp³-hybridized carbons (Fsp3) is 0.714. The molecule has 0 aromatic carbocycles. The molecule has 2 rings (SSSR count). The molecular formula is C14H20N2O2. The van der Waals surface area contributed by atoms with E-state index in [1.165, 1.54) is 0 Å². The molecule has 0 aromatic rings. The summed E-state index contributed by atoms with van der Waals surface area (Å²) in [6.07, 6.45) is 3.51. The van der Waals surface area contributed by atoms with Gasteiger partial charge in [-0.2, -0.15) is 0 Å². The molecule has 98 valence electrons. The molecular weight excluding hydrogens is 228 g/mol. The zero-order valence-electron chi connectivity index (χ0n) is 11.1. The molecule has 2 amide bonds. The van der Waals surface area contributed by atoms with E-state index >= 15 is 0 Å². The Bertz CT molecular complexity index is 408. The predicted octanol–water partition coefficient (Wildman–Crippen LogP) is 1.01. The Balaban J connectivity index is 2.12. The van der Waals surface area contributed by atoms with E-state index in [4.69, 9.17) is 0 Å². The Kier molecular flexibility index (Phi) is 3.90. The normalized spacial score (nSPS) is 27.7. The largest absolute Gasteiger partial charge is 0.329 e. The molecule has 2 fully saturated rings. The van der Waals surface area contributed by atoms with Crippen LogP contribution in [0.4, 0.5) is 0 Å². The maximum atomic E-state index is 12.4. The Morgan fingerprint density at radius 1 is 1.28 bits per heavy atom. The summed E-state index contributed by atoms with van der Waals surface area (Å²) >= 11 is 0. The number of carbonyl (C=O) groups excluding carboxylic acids is 2. The van der Waals surface area contributed by atoms with Crippen LogP contribution in [-0.4, -0.2) is 46.8 Å². The average Bonchev–Trinajstić information content (AvgIpc) is 2.40. The summed E-state index contributed by atoms with van der Waals surface area (Å²) in [5.41, 5.74) is 0. The van der Waals surface area contributed by atoms with Crippen molar-refractivity contribution in [2.24, 2.45) is 0 Å². The molecule has 2 aliphatic heterocycles. The molecule has 2 heterocycles. The van der Waals surface area contributed by atoms with Crippen molar-refractivity contribution in [3.05, 3.63) is 0 Å². The number of amides is 2. The Labute approximate surface area is 108 Å². The zero-order valence-corrected chi connectivity index (χ0v) is 11.1.